The Balaban J connectivity index is 1.71. The highest BCUT2D eigenvalue weighted by Gasteiger charge is 2.53. The van der Waals surface area contributed by atoms with Gasteiger partial charge in [0, 0.05) is 37.5 Å². The van der Waals surface area contributed by atoms with Gasteiger partial charge in [-0.25, -0.2) is 4.39 Å². The van der Waals surface area contributed by atoms with Crippen molar-refractivity contribution in [2.24, 2.45) is 5.92 Å². The molecule has 2 aliphatic carbocycles. The van der Waals surface area contributed by atoms with Crippen LogP contribution in [0.3, 0.4) is 0 Å². The third kappa shape index (κ3) is 1.50. The number of carbonyl (C=O) groups is 1. The summed E-state index contributed by atoms with van der Waals surface area (Å²) in [5.74, 6) is 0.438. The Bertz CT molecular complexity index is 364. The maximum atomic E-state index is 13.5. The molecule has 0 aromatic carbocycles. The number of alkyl halides is 1. The predicted molar refractivity (Wildman–Crippen MR) is 55.0 cm³/mol. The molecule has 2 atom stereocenters. The summed E-state index contributed by atoms with van der Waals surface area (Å²) in [6, 6.07) is 0. The molecule has 15 heavy (non-hydrogen) atoms. The van der Waals surface area contributed by atoms with Crippen molar-refractivity contribution in [2.45, 2.75) is 24.9 Å². The molecule has 0 radical (unpaired) electrons. The first kappa shape index (κ1) is 9.13. The third-order valence-corrected chi connectivity index (χ3v) is 3.58. The molecule has 3 heteroatoms. The molecule has 1 saturated carbocycles. The first-order chi connectivity index (χ1) is 7.17. The molecular weight excluding hydrogens is 193 g/mol. The molecular formula is C12H14FNO. The Morgan fingerprint density at radius 2 is 2.13 bits per heavy atom. The van der Waals surface area contributed by atoms with Gasteiger partial charge in [0.05, 0.1) is 0 Å². The summed E-state index contributed by atoms with van der Waals surface area (Å²) in [5, 5.41) is 0. The monoisotopic (exact) mass is 207 g/mol. The lowest BCUT2D eigenvalue weighted by molar-refractivity contribution is -0.121. The molecule has 0 amide bonds. The number of hydrogen-bond acceptors (Lipinski definition) is 2. The number of rotatable bonds is 1. The summed E-state index contributed by atoms with van der Waals surface area (Å²) in [6.45, 7) is 1.59. The van der Waals surface area contributed by atoms with Crippen LogP contribution in [-0.4, -0.2) is 29.4 Å². The number of carbonyl (C=O) groups excluding carboxylic acids is 1. The number of ketones is 1. The number of likely N-dealkylation sites (tertiary alicyclic amines) is 1. The molecule has 3 rings (SSSR count). The minimum atomic E-state index is -1.03. The van der Waals surface area contributed by atoms with Gasteiger partial charge < -0.3 is 4.90 Å². The van der Waals surface area contributed by atoms with Crippen LogP contribution in [0.1, 0.15) is 19.3 Å². The maximum Gasteiger partial charge on any atom is 0.136 e. The van der Waals surface area contributed by atoms with Crippen LogP contribution < -0.4 is 0 Å². The first-order valence-corrected chi connectivity index (χ1v) is 5.54. The number of piperidine rings is 1. The van der Waals surface area contributed by atoms with Crippen molar-refractivity contribution in [3.05, 3.63) is 23.9 Å². The standard InChI is InChI=1S/C12H14FNO/c13-12-4-1-10(7-9(12)8-12)14-5-2-11(15)3-6-14/h1,4,7,9H,2-3,5-6,8H2. The summed E-state index contributed by atoms with van der Waals surface area (Å²) in [4.78, 5) is 13.3. The Hall–Kier alpha value is -1.12. The first-order valence-electron chi connectivity index (χ1n) is 5.54. The summed E-state index contributed by atoms with van der Waals surface area (Å²) in [7, 11) is 0. The highest BCUT2D eigenvalue weighted by Crippen LogP contribution is 2.52. The van der Waals surface area contributed by atoms with Crippen LogP contribution in [0.5, 0.6) is 0 Å². The molecule has 1 saturated heterocycles. The van der Waals surface area contributed by atoms with Gasteiger partial charge in [-0.05, 0) is 18.6 Å². The van der Waals surface area contributed by atoms with E-state index in [9.17, 15) is 9.18 Å². The molecule has 3 aliphatic rings. The number of hydrogen-bond donors (Lipinski definition) is 0. The van der Waals surface area contributed by atoms with E-state index >= 15 is 0 Å². The number of Topliss-reactive ketones (excluding diaryl/α,β-unsaturated/α-hetero) is 1. The van der Waals surface area contributed by atoms with E-state index in [0.717, 1.165) is 18.8 Å². The molecule has 2 unspecified atom stereocenters. The van der Waals surface area contributed by atoms with Crippen molar-refractivity contribution < 1.29 is 9.18 Å². The number of nitrogens with zero attached hydrogens (tertiary/aromatic N) is 1. The Morgan fingerprint density at radius 1 is 1.40 bits per heavy atom. The lowest BCUT2D eigenvalue weighted by Gasteiger charge is -2.30. The summed E-state index contributed by atoms with van der Waals surface area (Å²) >= 11 is 0. The van der Waals surface area contributed by atoms with Crippen molar-refractivity contribution in [3.63, 3.8) is 0 Å². The fraction of sp³-hybridized carbons (Fsp3) is 0.583. The van der Waals surface area contributed by atoms with Gasteiger partial charge in [0.25, 0.3) is 0 Å². The second-order valence-electron chi connectivity index (χ2n) is 4.69. The van der Waals surface area contributed by atoms with E-state index in [-0.39, 0.29) is 5.92 Å². The van der Waals surface area contributed by atoms with Gasteiger partial charge in [0.2, 0.25) is 0 Å². The summed E-state index contributed by atoms with van der Waals surface area (Å²) in [6.07, 6.45) is 7.49. The van der Waals surface area contributed by atoms with Crippen molar-refractivity contribution in [2.75, 3.05) is 13.1 Å². The molecule has 0 aromatic rings. The van der Waals surface area contributed by atoms with Gasteiger partial charge in [-0.3, -0.25) is 4.79 Å². The quantitative estimate of drug-likeness (QED) is 0.654. The fourth-order valence-corrected chi connectivity index (χ4v) is 2.38. The molecule has 2 fully saturated rings. The van der Waals surface area contributed by atoms with Crippen LogP contribution in [0.2, 0.25) is 0 Å². The maximum absolute atomic E-state index is 13.5. The van der Waals surface area contributed by atoms with Crippen LogP contribution in [0.25, 0.3) is 0 Å². The molecule has 1 aliphatic heterocycles. The van der Waals surface area contributed by atoms with E-state index in [2.05, 4.69) is 4.90 Å². The highest BCUT2D eigenvalue weighted by atomic mass is 19.1. The largest absolute Gasteiger partial charge is 0.371 e. The zero-order valence-corrected chi connectivity index (χ0v) is 8.58. The van der Waals surface area contributed by atoms with Crippen LogP contribution in [-0.2, 0) is 4.79 Å². The lowest BCUT2D eigenvalue weighted by Crippen LogP contribution is -2.33. The van der Waals surface area contributed by atoms with Gasteiger partial charge in [-0.2, -0.15) is 0 Å². The average molecular weight is 207 g/mol. The van der Waals surface area contributed by atoms with E-state index in [1.807, 2.05) is 12.2 Å². The molecule has 2 nitrogen and oxygen atoms in total. The molecule has 0 aromatic heterocycles. The second-order valence-corrected chi connectivity index (χ2v) is 4.69. The van der Waals surface area contributed by atoms with Crippen LogP contribution in [0.4, 0.5) is 4.39 Å². The SMILES string of the molecule is O=C1CCN(C2=CC3CC3(F)C=C2)CC1. The Labute approximate surface area is 88.4 Å². The van der Waals surface area contributed by atoms with Gasteiger partial charge >= 0.3 is 0 Å². The Kier molecular flexibility index (Phi) is 1.79. The molecule has 0 bridgehead atoms. The van der Waals surface area contributed by atoms with Gasteiger partial charge in [-0.1, -0.05) is 6.08 Å². The molecule has 1 heterocycles. The minimum absolute atomic E-state index is 0.0927. The van der Waals surface area contributed by atoms with E-state index < -0.39 is 5.67 Å². The number of fused-ring (bicyclic) bond motifs is 1. The van der Waals surface area contributed by atoms with Crippen LogP contribution in [0.15, 0.2) is 23.9 Å². The molecule has 0 spiro atoms. The van der Waals surface area contributed by atoms with Gasteiger partial charge in [0.15, 0.2) is 0 Å². The number of allylic oxidation sites excluding steroid dienone is 3. The van der Waals surface area contributed by atoms with Crippen LogP contribution >= 0.6 is 0 Å². The fourth-order valence-electron chi connectivity index (χ4n) is 2.38. The Morgan fingerprint density at radius 3 is 2.80 bits per heavy atom. The predicted octanol–water partition coefficient (Wildman–Crippen LogP) is 1.83. The van der Waals surface area contributed by atoms with Crippen molar-refractivity contribution in [1.29, 1.82) is 0 Å². The molecule has 80 valence electrons. The van der Waals surface area contributed by atoms with E-state index in [1.165, 1.54) is 0 Å². The van der Waals surface area contributed by atoms with Crippen molar-refractivity contribution in [3.8, 4) is 0 Å². The summed E-state index contributed by atoms with van der Waals surface area (Å²) in [5.41, 5.74) is 0.0769. The molecule has 0 N–H and O–H groups in total. The van der Waals surface area contributed by atoms with Crippen molar-refractivity contribution in [1.82, 2.24) is 4.90 Å². The zero-order valence-electron chi connectivity index (χ0n) is 8.58. The summed E-state index contributed by atoms with van der Waals surface area (Å²) < 4.78 is 13.5. The topological polar surface area (TPSA) is 20.3 Å². The average Bonchev–Trinajstić information content (AvgIpc) is 2.89. The number of halogens is 1. The van der Waals surface area contributed by atoms with E-state index in [1.54, 1.807) is 6.08 Å². The normalized spacial score (nSPS) is 38.7. The van der Waals surface area contributed by atoms with Gasteiger partial charge in [0.1, 0.15) is 11.5 Å². The van der Waals surface area contributed by atoms with Crippen LogP contribution in [0, 0.1) is 5.92 Å². The van der Waals surface area contributed by atoms with Gasteiger partial charge in [-0.15, -0.1) is 0 Å². The smallest absolute Gasteiger partial charge is 0.136 e. The zero-order chi connectivity index (χ0) is 10.5. The van der Waals surface area contributed by atoms with E-state index in [0.29, 0.717) is 25.0 Å². The van der Waals surface area contributed by atoms with E-state index in [4.69, 9.17) is 0 Å². The van der Waals surface area contributed by atoms with Crippen molar-refractivity contribution >= 4 is 5.78 Å². The highest BCUT2D eigenvalue weighted by molar-refractivity contribution is 5.79. The minimum Gasteiger partial charge on any atom is -0.371 e. The second kappa shape index (κ2) is 2.94. The lowest BCUT2D eigenvalue weighted by atomic mass is 10.1. The third-order valence-electron chi connectivity index (χ3n) is 3.58.